The number of aldehydes is 1. The summed E-state index contributed by atoms with van der Waals surface area (Å²) in [6.45, 7) is 7.13. The van der Waals surface area contributed by atoms with E-state index in [1.807, 2.05) is 13.8 Å². The Balaban J connectivity index is 2.08. The van der Waals surface area contributed by atoms with Crippen molar-refractivity contribution in [3.05, 3.63) is 5.82 Å². The van der Waals surface area contributed by atoms with Gasteiger partial charge in [0.1, 0.15) is 12.3 Å². The normalized spacial score (nSPS) is 22.0. The molecule has 2 aliphatic heterocycles. The Labute approximate surface area is 240 Å². The molecule has 41 heavy (non-hydrogen) atoms. The maximum absolute atomic E-state index is 14.4. The number of tetrazole rings is 1. The van der Waals surface area contributed by atoms with E-state index in [-0.39, 0.29) is 12.1 Å². The predicted octanol–water partition coefficient (Wildman–Crippen LogP) is -0.634. The lowest BCUT2D eigenvalue weighted by molar-refractivity contribution is -0.157. The number of carbonyl (C=O) groups excluding carboxylic acids is 4. The number of carbonyl (C=O) groups is 4. The van der Waals surface area contributed by atoms with Crippen LogP contribution in [-0.2, 0) is 19.2 Å². The number of amides is 2. The lowest BCUT2D eigenvalue weighted by Crippen LogP contribution is -2.68. The molecule has 2 unspecified atom stereocenters. The van der Waals surface area contributed by atoms with Crippen molar-refractivity contribution in [2.24, 2.45) is 17.4 Å². The molecule has 1 aromatic heterocycles. The summed E-state index contributed by atoms with van der Waals surface area (Å²) in [6, 6.07) is -3.81. The number of imide groups is 1. The van der Waals surface area contributed by atoms with Crippen molar-refractivity contribution < 1.29 is 19.2 Å². The van der Waals surface area contributed by atoms with Gasteiger partial charge in [-0.15, -0.1) is 5.10 Å². The summed E-state index contributed by atoms with van der Waals surface area (Å²) >= 11 is 0. The van der Waals surface area contributed by atoms with Gasteiger partial charge in [-0.1, -0.05) is 26.7 Å². The van der Waals surface area contributed by atoms with Gasteiger partial charge in [0.15, 0.2) is 23.1 Å². The fourth-order valence-corrected chi connectivity index (χ4v) is 6.06. The molecule has 2 fully saturated rings. The van der Waals surface area contributed by atoms with Crippen LogP contribution in [0, 0.1) is 11.3 Å². The maximum Gasteiger partial charge on any atom is 0.246 e. The summed E-state index contributed by atoms with van der Waals surface area (Å²) < 4.78 is 0. The summed E-state index contributed by atoms with van der Waals surface area (Å²) in [7, 11) is 0. The van der Waals surface area contributed by atoms with Gasteiger partial charge in [0.2, 0.25) is 11.8 Å². The molecule has 1 aromatic rings. The average molecular weight is 576 g/mol. The van der Waals surface area contributed by atoms with Crippen molar-refractivity contribution in [2.75, 3.05) is 19.6 Å². The van der Waals surface area contributed by atoms with Gasteiger partial charge < -0.3 is 31.8 Å². The van der Waals surface area contributed by atoms with E-state index in [2.05, 4.69) is 31.3 Å². The number of nitrogens with zero attached hydrogens (tertiary/aromatic N) is 5. The molecule has 228 valence electrons. The highest BCUT2D eigenvalue weighted by Gasteiger charge is 2.54. The van der Waals surface area contributed by atoms with E-state index in [4.69, 9.17) is 16.9 Å². The Morgan fingerprint density at radius 2 is 1.85 bits per heavy atom. The van der Waals surface area contributed by atoms with Crippen molar-refractivity contribution in [1.82, 2.24) is 41.1 Å². The van der Waals surface area contributed by atoms with Gasteiger partial charge >= 0.3 is 0 Å². The van der Waals surface area contributed by atoms with Crippen LogP contribution < -0.4 is 22.1 Å². The molecule has 5 atom stereocenters. The van der Waals surface area contributed by atoms with Crippen LogP contribution in [0.5, 0.6) is 0 Å². The van der Waals surface area contributed by atoms with Gasteiger partial charge in [0.25, 0.3) is 0 Å². The number of aromatic nitrogens is 4. The lowest BCUT2D eigenvalue weighted by Gasteiger charge is -2.45. The van der Waals surface area contributed by atoms with Gasteiger partial charge in [-0.2, -0.15) is 0 Å². The second-order valence-corrected chi connectivity index (χ2v) is 11.0. The number of ketones is 1. The first kappa shape index (κ1) is 32.2. The second kappa shape index (κ2) is 14.5. The highest BCUT2D eigenvalue weighted by molar-refractivity contribution is 6.11. The van der Waals surface area contributed by atoms with Crippen LogP contribution in [0.2, 0.25) is 0 Å². The predicted molar refractivity (Wildman–Crippen MR) is 150 cm³/mol. The van der Waals surface area contributed by atoms with E-state index >= 15 is 0 Å². The molecule has 2 saturated heterocycles. The van der Waals surface area contributed by atoms with Crippen LogP contribution in [0.25, 0.3) is 0 Å². The number of Topliss-reactive ketones (excluding diaryl/α,β-unsaturated/α-hetero) is 1. The standard InChI is InChI=1S/C26H45N11O4/c1-4-8-17(9-5-2)23(40)36(24(41)19-11-7-13-31-19)16(3)21(39)26(29,15-38)20(22-32-34-35-33-22)37(25(27)28)18-10-6-12-30-14-18/h15-20,30-31H,4-14,29H2,1-3H3,(H3,27,28)(H,32,33,34,35)/t16-,18?,19-,20?,26+/m0/s1. The number of H-pyrrole nitrogens is 1. The number of nitrogens with two attached hydrogens (primary N) is 2. The molecular formula is C26H45N11O4. The molecule has 0 spiro atoms. The first-order valence-electron chi connectivity index (χ1n) is 14.6. The minimum absolute atomic E-state index is 0.0440. The third-order valence-corrected chi connectivity index (χ3v) is 8.14. The minimum Gasteiger partial charge on any atom is -0.370 e. The van der Waals surface area contributed by atoms with E-state index in [0.29, 0.717) is 38.8 Å². The van der Waals surface area contributed by atoms with Crippen molar-refractivity contribution >= 4 is 29.8 Å². The lowest BCUT2D eigenvalue weighted by atomic mass is 9.81. The Morgan fingerprint density at radius 1 is 1.17 bits per heavy atom. The number of rotatable bonds is 14. The number of nitrogens with one attached hydrogen (secondary N) is 4. The Hall–Kier alpha value is -3.30. The smallest absolute Gasteiger partial charge is 0.246 e. The number of guanidine groups is 1. The Kier molecular flexibility index (Phi) is 11.4. The minimum atomic E-state index is -2.38. The molecule has 2 amide bonds. The monoisotopic (exact) mass is 575 g/mol. The van der Waals surface area contributed by atoms with E-state index in [1.165, 1.54) is 11.8 Å². The maximum atomic E-state index is 14.4. The molecule has 3 rings (SSSR count). The van der Waals surface area contributed by atoms with E-state index in [0.717, 1.165) is 37.1 Å². The second-order valence-electron chi connectivity index (χ2n) is 11.0. The molecule has 0 aromatic carbocycles. The molecule has 15 nitrogen and oxygen atoms in total. The van der Waals surface area contributed by atoms with E-state index in [1.54, 1.807) is 0 Å². The Morgan fingerprint density at radius 3 is 2.34 bits per heavy atom. The number of hydrogen-bond acceptors (Lipinski definition) is 11. The first-order chi connectivity index (χ1) is 19.6. The highest BCUT2D eigenvalue weighted by atomic mass is 16.2. The fraction of sp³-hybridized carbons (Fsp3) is 0.769. The van der Waals surface area contributed by atoms with Crippen molar-refractivity contribution in [3.8, 4) is 0 Å². The largest absolute Gasteiger partial charge is 0.370 e. The topological polar surface area (TPSA) is 229 Å². The van der Waals surface area contributed by atoms with Gasteiger partial charge in [0, 0.05) is 18.5 Å². The van der Waals surface area contributed by atoms with Crippen LogP contribution >= 0.6 is 0 Å². The summed E-state index contributed by atoms with van der Waals surface area (Å²) in [5.41, 5.74) is 10.4. The van der Waals surface area contributed by atoms with E-state index < -0.39 is 59.2 Å². The number of aromatic amines is 1. The van der Waals surface area contributed by atoms with Crippen molar-refractivity contribution in [3.63, 3.8) is 0 Å². The average Bonchev–Trinajstić information content (AvgIpc) is 3.70. The molecule has 3 heterocycles. The van der Waals surface area contributed by atoms with Crippen molar-refractivity contribution in [1.29, 1.82) is 5.41 Å². The SMILES string of the molecule is CCCC(CCC)C(=O)N(C(=O)[C@@H]1CCCN1)[C@@H](C)C(=O)[C@@](N)(C=O)C(c1nnn[nH]1)N(C(=N)N)C1CCCNC1. The van der Waals surface area contributed by atoms with E-state index in [9.17, 15) is 19.2 Å². The zero-order chi connectivity index (χ0) is 30.2. The summed E-state index contributed by atoms with van der Waals surface area (Å²) in [4.78, 5) is 57.4. The first-order valence-corrected chi connectivity index (χ1v) is 14.6. The third kappa shape index (κ3) is 6.96. The Bertz CT molecular complexity index is 1050. The van der Waals surface area contributed by atoms with Gasteiger partial charge in [-0.25, -0.2) is 5.10 Å². The van der Waals surface area contributed by atoms with Gasteiger partial charge in [-0.05, 0) is 69.0 Å². The zero-order valence-corrected chi connectivity index (χ0v) is 24.3. The molecule has 0 saturated carbocycles. The highest BCUT2D eigenvalue weighted by Crippen LogP contribution is 2.33. The van der Waals surface area contributed by atoms with Crippen LogP contribution in [0.15, 0.2) is 0 Å². The van der Waals surface area contributed by atoms with Crippen LogP contribution in [-0.4, -0.2) is 104 Å². The quantitative estimate of drug-likeness (QED) is 0.0704. The van der Waals surface area contributed by atoms with Gasteiger partial charge in [0.05, 0.1) is 12.1 Å². The molecule has 15 heteroatoms. The molecule has 2 aliphatic rings. The zero-order valence-electron chi connectivity index (χ0n) is 24.3. The molecule has 0 bridgehead atoms. The molecule has 8 N–H and O–H groups in total. The summed E-state index contributed by atoms with van der Waals surface area (Å²) in [5, 5.41) is 28.5. The molecular weight excluding hydrogens is 530 g/mol. The fourth-order valence-electron chi connectivity index (χ4n) is 6.06. The number of hydrogen-bond donors (Lipinski definition) is 6. The van der Waals surface area contributed by atoms with Gasteiger partial charge in [-0.3, -0.25) is 24.7 Å². The van der Waals surface area contributed by atoms with Crippen molar-refractivity contribution in [2.45, 2.75) is 102 Å². The summed E-state index contributed by atoms with van der Waals surface area (Å²) in [5.74, 6) is -2.80. The molecule has 0 radical (unpaired) electrons. The summed E-state index contributed by atoms with van der Waals surface area (Å²) in [6.07, 6.45) is 5.48. The van der Waals surface area contributed by atoms with Crippen LogP contribution in [0.3, 0.4) is 0 Å². The van der Waals surface area contributed by atoms with Crippen LogP contribution in [0.4, 0.5) is 0 Å². The number of piperidine rings is 1. The van der Waals surface area contributed by atoms with Crippen LogP contribution in [0.1, 0.15) is 84.0 Å². The third-order valence-electron chi connectivity index (χ3n) is 8.14. The molecule has 0 aliphatic carbocycles.